The molecular weight excluding hydrogens is 520 g/mol. The monoisotopic (exact) mass is 542 g/mol. The number of aryl methyl sites for hydroxylation is 1. The van der Waals surface area contributed by atoms with E-state index in [-0.39, 0.29) is 5.91 Å². The average Bonchev–Trinajstić information content (AvgIpc) is 3.45. The highest BCUT2D eigenvalue weighted by molar-refractivity contribution is 9.10. The van der Waals surface area contributed by atoms with Crippen LogP contribution in [0.3, 0.4) is 0 Å². The lowest BCUT2D eigenvalue weighted by Crippen LogP contribution is -2.31. The number of hydrogen-bond acceptors (Lipinski definition) is 4. The molecule has 1 amide bonds. The number of amides is 1. The second-order valence-electron chi connectivity index (χ2n) is 8.24. The molecular formula is C29H23BrN2O2S. The average molecular weight is 543 g/mol. The SMILES string of the molecule is Cc1ccc(N=C2S/C(=C/c3ccc(-c4ccc(Br)cc4)o3)C(=O)N2CCc2ccccc2)cc1. The van der Waals surface area contributed by atoms with E-state index in [1.165, 1.54) is 22.9 Å². The number of thioether (sulfide) groups is 1. The Kier molecular flexibility index (Phi) is 7.02. The van der Waals surface area contributed by atoms with Crippen molar-refractivity contribution >= 4 is 50.5 Å². The molecule has 0 bridgehead atoms. The van der Waals surface area contributed by atoms with E-state index < -0.39 is 0 Å². The third kappa shape index (κ3) is 5.66. The van der Waals surface area contributed by atoms with Crippen LogP contribution in [0.25, 0.3) is 17.4 Å². The number of carbonyl (C=O) groups is 1. The molecule has 0 radical (unpaired) electrons. The summed E-state index contributed by atoms with van der Waals surface area (Å²) in [5, 5.41) is 0.681. The molecule has 5 rings (SSSR count). The fourth-order valence-corrected chi connectivity index (χ4v) is 5.00. The number of benzene rings is 3. The number of carbonyl (C=O) groups excluding carboxylic acids is 1. The Morgan fingerprint density at radius 1 is 0.943 bits per heavy atom. The molecule has 1 aliphatic heterocycles. The van der Waals surface area contributed by atoms with Crippen LogP contribution in [0.2, 0.25) is 0 Å². The molecule has 0 atom stereocenters. The van der Waals surface area contributed by atoms with E-state index >= 15 is 0 Å². The van der Waals surface area contributed by atoms with Crippen molar-refractivity contribution in [2.24, 2.45) is 4.99 Å². The minimum absolute atomic E-state index is 0.0571. The molecule has 0 N–H and O–H groups in total. The van der Waals surface area contributed by atoms with E-state index in [4.69, 9.17) is 9.41 Å². The first-order valence-corrected chi connectivity index (χ1v) is 12.9. The minimum Gasteiger partial charge on any atom is -0.457 e. The van der Waals surface area contributed by atoms with E-state index in [0.29, 0.717) is 22.4 Å². The largest absolute Gasteiger partial charge is 0.457 e. The smallest absolute Gasteiger partial charge is 0.266 e. The highest BCUT2D eigenvalue weighted by Crippen LogP contribution is 2.35. The van der Waals surface area contributed by atoms with Crippen molar-refractivity contribution < 1.29 is 9.21 Å². The predicted molar refractivity (Wildman–Crippen MR) is 148 cm³/mol. The summed E-state index contributed by atoms with van der Waals surface area (Å²) in [4.78, 5) is 20.6. The van der Waals surface area contributed by atoms with Gasteiger partial charge in [0, 0.05) is 22.7 Å². The molecule has 4 nitrogen and oxygen atoms in total. The Hall–Kier alpha value is -3.35. The van der Waals surface area contributed by atoms with Gasteiger partial charge in [0.1, 0.15) is 11.5 Å². The topological polar surface area (TPSA) is 45.8 Å². The fraction of sp³-hybridized carbons (Fsp3) is 0.103. The van der Waals surface area contributed by atoms with Crippen LogP contribution < -0.4 is 0 Å². The van der Waals surface area contributed by atoms with Gasteiger partial charge in [0.05, 0.1) is 10.6 Å². The Labute approximate surface area is 217 Å². The van der Waals surface area contributed by atoms with Crippen molar-refractivity contribution in [3.05, 3.63) is 117 Å². The summed E-state index contributed by atoms with van der Waals surface area (Å²) in [6, 6.07) is 29.9. The van der Waals surface area contributed by atoms with Crippen molar-refractivity contribution in [3.63, 3.8) is 0 Å². The summed E-state index contributed by atoms with van der Waals surface area (Å²) in [5.74, 6) is 1.34. The molecule has 6 heteroatoms. The van der Waals surface area contributed by atoms with E-state index in [2.05, 4.69) is 28.1 Å². The zero-order valence-electron chi connectivity index (χ0n) is 19.1. The molecule has 1 saturated heterocycles. The predicted octanol–water partition coefficient (Wildman–Crippen LogP) is 7.86. The number of halogens is 1. The zero-order valence-corrected chi connectivity index (χ0v) is 21.6. The van der Waals surface area contributed by atoms with Crippen molar-refractivity contribution in [2.75, 3.05) is 6.54 Å². The number of rotatable bonds is 6. The molecule has 35 heavy (non-hydrogen) atoms. The molecule has 0 unspecified atom stereocenters. The fourth-order valence-electron chi connectivity index (χ4n) is 3.73. The molecule has 3 aromatic carbocycles. The summed E-state index contributed by atoms with van der Waals surface area (Å²) in [6.45, 7) is 2.60. The van der Waals surface area contributed by atoms with Gasteiger partial charge in [-0.25, -0.2) is 4.99 Å². The molecule has 4 aromatic rings. The number of amidine groups is 1. The minimum atomic E-state index is -0.0571. The van der Waals surface area contributed by atoms with Gasteiger partial charge in [-0.1, -0.05) is 76.1 Å². The van der Waals surface area contributed by atoms with Crippen molar-refractivity contribution in [2.45, 2.75) is 13.3 Å². The van der Waals surface area contributed by atoms with Gasteiger partial charge in [-0.2, -0.15) is 0 Å². The summed E-state index contributed by atoms with van der Waals surface area (Å²) in [5.41, 5.74) is 4.16. The summed E-state index contributed by atoms with van der Waals surface area (Å²) in [7, 11) is 0. The lowest BCUT2D eigenvalue weighted by Gasteiger charge is -2.15. The maximum Gasteiger partial charge on any atom is 0.266 e. The lowest BCUT2D eigenvalue weighted by molar-refractivity contribution is -0.122. The van der Waals surface area contributed by atoms with Crippen molar-refractivity contribution in [1.82, 2.24) is 4.90 Å². The molecule has 0 aliphatic carbocycles. The van der Waals surface area contributed by atoms with Crippen LogP contribution in [0.5, 0.6) is 0 Å². The molecule has 2 heterocycles. The van der Waals surface area contributed by atoms with Crippen molar-refractivity contribution in [3.8, 4) is 11.3 Å². The van der Waals surface area contributed by atoms with E-state index in [9.17, 15) is 4.79 Å². The highest BCUT2D eigenvalue weighted by Gasteiger charge is 2.33. The summed E-state index contributed by atoms with van der Waals surface area (Å²) in [6.07, 6.45) is 2.56. The Bertz CT molecular complexity index is 1390. The van der Waals surface area contributed by atoms with Crippen molar-refractivity contribution in [1.29, 1.82) is 0 Å². The number of aliphatic imine (C=N–C) groups is 1. The summed E-state index contributed by atoms with van der Waals surface area (Å²) < 4.78 is 7.05. The van der Waals surface area contributed by atoms with E-state index in [1.807, 2.05) is 91.9 Å². The first-order valence-electron chi connectivity index (χ1n) is 11.3. The number of furan rings is 1. The Morgan fingerprint density at radius 3 is 2.43 bits per heavy atom. The highest BCUT2D eigenvalue weighted by atomic mass is 79.9. The third-order valence-corrected chi connectivity index (χ3v) is 7.18. The quantitative estimate of drug-likeness (QED) is 0.233. The normalized spacial score (nSPS) is 15.9. The Morgan fingerprint density at radius 2 is 1.69 bits per heavy atom. The van der Waals surface area contributed by atoms with E-state index in [1.54, 1.807) is 4.90 Å². The lowest BCUT2D eigenvalue weighted by atomic mass is 10.1. The molecule has 1 aliphatic rings. The molecule has 174 valence electrons. The van der Waals surface area contributed by atoms with E-state index in [0.717, 1.165) is 27.9 Å². The maximum absolute atomic E-state index is 13.4. The molecule has 0 saturated carbocycles. The van der Waals surface area contributed by atoms with Crippen LogP contribution in [-0.2, 0) is 11.2 Å². The maximum atomic E-state index is 13.4. The van der Waals surface area contributed by atoms with Gasteiger partial charge in [-0.3, -0.25) is 9.69 Å². The van der Waals surface area contributed by atoms with Crippen LogP contribution in [0.15, 0.2) is 110 Å². The van der Waals surface area contributed by atoms with Gasteiger partial charge < -0.3 is 4.42 Å². The summed E-state index contributed by atoms with van der Waals surface area (Å²) >= 11 is 4.84. The third-order valence-electron chi connectivity index (χ3n) is 5.64. The van der Waals surface area contributed by atoms with Gasteiger partial charge in [0.2, 0.25) is 0 Å². The molecule has 1 aromatic heterocycles. The number of nitrogens with zero attached hydrogens (tertiary/aromatic N) is 2. The van der Waals surface area contributed by atoms with Gasteiger partial charge in [-0.15, -0.1) is 0 Å². The van der Waals surface area contributed by atoms with Crippen LogP contribution in [0.1, 0.15) is 16.9 Å². The van der Waals surface area contributed by atoms with Gasteiger partial charge in [0.25, 0.3) is 5.91 Å². The Balaban J connectivity index is 1.42. The zero-order chi connectivity index (χ0) is 24.2. The standard InChI is InChI=1S/C29H23BrN2O2S/c1-20-7-13-24(14-8-20)31-29-32(18-17-21-5-3-2-4-6-21)28(33)27(35-29)19-25-15-16-26(34-25)22-9-11-23(30)12-10-22/h2-16,19H,17-18H2,1H3/b27-19+,31-29?. The van der Waals surface area contributed by atoms with Gasteiger partial charge in [0.15, 0.2) is 5.17 Å². The number of hydrogen-bond donors (Lipinski definition) is 0. The van der Waals surface area contributed by atoms with Crippen LogP contribution >= 0.6 is 27.7 Å². The first kappa shape index (κ1) is 23.4. The second-order valence-corrected chi connectivity index (χ2v) is 10.2. The molecule has 1 fully saturated rings. The van der Waals surface area contributed by atoms with Crippen LogP contribution in [0.4, 0.5) is 5.69 Å². The van der Waals surface area contributed by atoms with Gasteiger partial charge >= 0.3 is 0 Å². The van der Waals surface area contributed by atoms with Gasteiger partial charge in [-0.05, 0) is 67.1 Å². The first-order chi connectivity index (χ1) is 17.0. The van der Waals surface area contributed by atoms with Crippen LogP contribution in [0, 0.1) is 6.92 Å². The van der Waals surface area contributed by atoms with Crippen LogP contribution in [-0.4, -0.2) is 22.5 Å². The molecule has 0 spiro atoms. The second kappa shape index (κ2) is 10.5.